The van der Waals surface area contributed by atoms with E-state index < -0.39 is 0 Å². The smallest absolute Gasteiger partial charge is 0.221 e. The number of quaternary nitrogens is 1. The van der Waals surface area contributed by atoms with Crippen LogP contribution in [0.4, 0.5) is 5.69 Å². The highest BCUT2D eigenvalue weighted by atomic mass is 16.2. The summed E-state index contributed by atoms with van der Waals surface area (Å²) in [4.78, 5) is 30.7. The molecule has 0 saturated carbocycles. The number of nitrogens with one attached hydrogen (secondary N) is 2. The molecule has 1 aromatic carbocycles. The maximum Gasteiger partial charge on any atom is 0.221 e. The highest BCUT2D eigenvalue weighted by molar-refractivity contribution is 5.91. The topological polar surface area (TPSA) is 71.7 Å². The van der Waals surface area contributed by atoms with Crippen molar-refractivity contribution in [1.29, 1.82) is 0 Å². The van der Waals surface area contributed by atoms with Crippen molar-refractivity contribution in [3.05, 3.63) is 24.0 Å². The largest absolute Gasteiger partial charge is 0.332 e. The lowest BCUT2D eigenvalue weighted by atomic mass is 10.2. The lowest BCUT2D eigenvalue weighted by molar-refractivity contribution is -0.918. The van der Waals surface area contributed by atoms with Gasteiger partial charge in [0.15, 0.2) is 5.82 Å². The predicted octanol–water partition coefficient (Wildman–Crippen LogP) is -0.221. The van der Waals surface area contributed by atoms with Gasteiger partial charge in [0, 0.05) is 26.6 Å². The molecule has 2 amide bonds. The van der Waals surface area contributed by atoms with Gasteiger partial charge >= 0.3 is 0 Å². The minimum Gasteiger partial charge on any atom is -0.332 e. The number of anilines is 1. The van der Waals surface area contributed by atoms with Crippen LogP contribution < -0.4 is 10.2 Å². The second-order valence-electron chi connectivity index (χ2n) is 6.40. The summed E-state index contributed by atoms with van der Waals surface area (Å²) in [6, 6.07) is 5.79. The van der Waals surface area contributed by atoms with E-state index in [4.69, 9.17) is 4.98 Å². The van der Waals surface area contributed by atoms with Crippen LogP contribution in [-0.4, -0.2) is 52.4 Å². The molecule has 2 heterocycles. The molecule has 24 heavy (non-hydrogen) atoms. The Bertz CT molecular complexity index is 775. The van der Waals surface area contributed by atoms with E-state index in [1.165, 1.54) is 11.8 Å². The number of nitrogens with zero attached hydrogens (tertiary/aromatic N) is 3. The summed E-state index contributed by atoms with van der Waals surface area (Å²) < 4.78 is 2.11. The van der Waals surface area contributed by atoms with Crippen molar-refractivity contribution in [2.45, 2.75) is 20.4 Å². The standard InChI is InChI=1S/C17H23N5O2/c1-12(23)18-14-4-5-16-15(10-14)19-17(20(16)3)11-21-6-8-22(9-7-21)13(2)24/h4-5,10H,6-9,11H2,1-3H3,(H,18,23)/p+1. The van der Waals surface area contributed by atoms with E-state index >= 15 is 0 Å². The summed E-state index contributed by atoms with van der Waals surface area (Å²) in [5, 5.41) is 2.79. The number of fused-ring (bicyclic) bond motifs is 1. The van der Waals surface area contributed by atoms with Crippen molar-refractivity contribution in [1.82, 2.24) is 14.5 Å². The summed E-state index contributed by atoms with van der Waals surface area (Å²) in [6.07, 6.45) is 0. The van der Waals surface area contributed by atoms with Crippen LogP contribution in [0.15, 0.2) is 18.2 Å². The fraction of sp³-hybridized carbons (Fsp3) is 0.471. The van der Waals surface area contributed by atoms with E-state index in [-0.39, 0.29) is 11.8 Å². The van der Waals surface area contributed by atoms with Crippen molar-refractivity contribution in [2.75, 3.05) is 31.5 Å². The SMILES string of the molecule is CC(=O)Nc1ccc2c(c1)nc(C[NH+]1CCN(C(C)=O)CC1)n2C. The Kier molecular flexibility index (Phi) is 4.53. The molecule has 0 unspecified atom stereocenters. The molecule has 1 saturated heterocycles. The molecule has 1 aromatic heterocycles. The molecule has 1 fully saturated rings. The molecule has 7 heteroatoms. The summed E-state index contributed by atoms with van der Waals surface area (Å²) in [5.74, 6) is 1.09. The Morgan fingerprint density at radius 2 is 1.96 bits per heavy atom. The number of carbonyl (C=O) groups excluding carboxylic acids is 2. The van der Waals surface area contributed by atoms with E-state index in [1.54, 1.807) is 6.92 Å². The quantitative estimate of drug-likeness (QED) is 0.817. The number of carbonyl (C=O) groups is 2. The average Bonchev–Trinajstić information content (AvgIpc) is 2.83. The zero-order valence-corrected chi connectivity index (χ0v) is 14.4. The molecule has 1 aliphatic rings. The molecule has 128 valence electrons. The van der Waals surface area contributed by atoms with Crippen LogP contribution >= 0.6 is 0 Å². The monoisotopic (exact) mass is 330 g/mol. The summed E-state index contributed by atoms with van der Waals surface area (Å²) in [7, 11) is 2.02. The maximum atomic E-state index is 11.4. The highest BCUT2D eigenvalue weighted by Crippen LogP contribution is 2.19. The summed E-state index contributed by atoms with van der Waals surface area (Å²) in [5.41, 5.74) is 2.71. The third-order valence-corrected chi connectivity index (χ3v) is 4.62. The van der Waals surface area contributed by atoms with Crippen molar-refractivity contribution < 1.29 is 14.5 Å². The number of imidazole rings is 1. The van der Waals surface area contributed by atoms with Crippen molar-refractivity contribution in [3.63, 3.8) is 0 Å². The van der Waals surface area contributed by atoms with Gasteiger partial charge in [0.1, 0.15) is 6.54 Å². The first kappa shape index (κ1) is 16.4. The molecule has 0 bridgehead atoms. The molecule has 2 aromatic rings. The summed E-state index contributed by atoms with van der Waals surface area (Å²) >= 11 is 0. The number of hydrogen-bond acceptors (Lipinski definition) is 3. The first-order valence-corrected chi connectivity index (χ1v) is 8.26. The van der Waals surface area contributed by atoms with Gasteiger partial charge in [-0.05, 0) is 18.2 Å². The first-order chi connectivity index (χ1) is 11.4. The fourth-order valence-corrected chi connectivity index (χ4v) is 3.23. The number of piperazine rings is 1. The average molecular weight is 330 g/mol. The van der Waals surface area contributed by atoms with Gasteiger partial charge in [-0.1, -0.05) is 0 Å². The number of aromatic nitrogens is 2. The van der Waals surface area contributed by atoms with Gasteiger partial charge in [-0.3, -0.25) is 9.59 Å². The zero-order chi connectivity index (χ0) is 17.3. The first-order valence-electron chi connectivity index (χ1n) is 8.26. The lowest BCUT2D eigenvalue weighted by Crippen LogP contribution is -3.13. The van der Waals surface area contributed by atoms with Gasteiger partial charge in [-0.15, -0.1) is 0 Å². The number of benzene rings is 1. The highest BCUT2D eigenvalue weighted by Gasteiger charge is 2.23. The number of aryl methyl sites for hydroxylation is 1. The van der Waals surface area contributed by atoms with Crippen LogP contribution in [0.3, 0.4) is 0 Å². The van der Waals surface area contributed by atoms with Crippen LogP contribution in [-0.2, 0) is 23.2 Å². The fourth-order valence-electron chi connectivity index (χ4n) is 3.23. The Morgan fingerprint density at radius 3 is 2.58 bits per heavy atom. The minimum atomic E-state index is -0.0849. The van der Waals surface area contributed by atoms with Gasteiger partial charge in [-0.25, -0.2) is 4.98 Å². The third kappa shape index (κ3) is 3.41. The van der Waals surface area contributed by atoms with Gasteiger partial charge < -0.3 is 19.7 Å². The lowest BCUT2D eigenvalue weighted by Gasteiger charge is -2.31. The van der Waals surface area contributed by atoms with Crippen LogP contribution in [0.5, 0.6) is 0 Å². The van der Waals surface area contributed by atoms with Crippen LogP contribution in [0.1, 0.15) is 19.7 Å². The van der Waals surface area contributed by atoms with E-state index in [1.807, 2.05) is 30.1 Å². The molecule has 0 atom stereocenters. The second-order valence-corrected chi connectivity index (χ2v) is 6.40. The Labute approximate surface area is 141 Å². The van der Waals surface area contributed by atoms with E-state index in [9.17, 15) is 9.59 Å². The van der Waals surface area contributed by atoms with Crippen molar-refractivity contribution in [2.24, 2.45) is 7.05 Å². The molecule has 2 N–H and O–H groups in total. The van der Waals surface area contributed by atoms with E-state index in [0.717, 1.165) is 55.3 Å². The molecule has 3 rings (SSSR count). The van der Waals surface area contributed by atoms with Gasteiger partial charge in [0.25, 0.3) is 0 Å². The molecular weight excluding hydrogens is 306 g/mol. The second kappa shape index (κ2) is 6.60. The third-order valence-electron chi connectivity index (χ3n) is 4.62. The van der Waals surface area contributed by atoms with Crippen LogP contribution in [0.25, 0.3) is 11.0 Å². The normalized spacial score (nSPS) is 15.7. The Hall–Kier alpha value is -2.41. The Balaban J connectivity index is 1.74. The summed E-state index contributed by atoms with van der Waals surface area (Å²) in [6.45, 7) is 7.47. The Morgan fingerprint density at radius 1 is 1.25 bits per heavy atom. The van der Waals surface area contributed by atoms with Crippen molar-refractivity contribution in [3.8, 4) is 0 Å². The molecule has 7 nitrogen and oxygen atoms in total. The minimum absolute atomic E-state index is 0.0849. The van der Waals surface area contributed by atoms with E-state index in [2.05, 4.69) is 9.88 Å². The van der Waals surface area contributed by atoms with Gasteiger partial charge in [-0.2, -0.15) is 0 Å². The predicted molar refractivity (Wildman–Crippen MR) is 91.7 cm³/mol. The van der Waals surface area contributed by atoms with Gasteiger partial charge in [0.05, 0.1) is 37.2 Å². The van der Waals surface area contributed by atoms with Crippen molar-refractivity contribution >= 4 is 28.5 Å². The number of amides is 2. The molecule has 0 aliphatic carbocycles. The van der Waals surface area contributed by atoms with Crippen LogP contribution in [0.2, 0.25) is 0 Å². The van der Waals surface area contributed by atoms with Gasteiger partial charge in [0.2, 0.25) is 11.8 Å². The molecule has 0 radical (unpaired) electrons. The maximum absolute atomic E-state index is 11.4. The molecular formula is C17H24N5O2+. The zero-order valence-electron chi connectivity index (χ0n) is 14.4. The molecule has 1 aliphatic heterocycles. The van der Waals surface area contributed by atoms with Crippen LogP contribution in [0, 0.1) is 0 Å². The number of hydrogen-bond donors (Lipinski definition) is 2. The number of rotatable bonds is 3. The molecule has 0 spiro atoms. The van der Waals surface area contributed by atoms with E-state index in [0.29, 0.717) is 0 Å².